The van der Waals surface area contributed by atoms with Gasteiger partial charge in [0.15, 0.2) is 0 Å². The van der Waals surface area contributed by atoms with Crippen molar-refractivity contribution in [3.63, 3.8) is 0 Å². The van der Waals surface area contributed by atoms with Gasteiger partial charge in [-0.3, -0.25) is 4.79 Å². The molecule has 19 heavy (non-hydrogen) atoms. The van der Waals surface area contributed by atoms with Crippen LogP contribution >= 0.6 is 22.9 Å². The van der Waals surface area contributed by atoms with Crippen molar-refractivity contribution in [3.8, 4) is 0 Å². The summed E-state index contributed by atoms with van der Waals surface area (Å²) in [7, 11) is 0. The molecule has 1 atom stereocenters. The fourth-order valence-corrected chi connectivity index (χ4v) is 4.28. The summed E-state index contributed by atoms with van der Waals surface area (Å²) in [6.45, 7) is 2.27. The lowest BCUT2D eigenvalue weighted by Crippen LogP contribution is -2.14. The quantitative estimate of drug-likeness (QED) is 0.884. The molecule has 2 aromatic rings. The molecule has 1 N–H and O–H groups in total. The van der Waals surface area contributed by atoms with Gasteiger partial charge in [0.25, 0.3) is 5.56 Å². The molecule has 2 heterocycles. The maximum absolute atomic E-state index is 12.3. The highest BCUT2D eigenvalue weighted by Crippen LogP contribution is 2.35. The Morgan fingerprint density at radius 1 is 1.53 bits per heavy atom. The lowest BCUT2D eigenvalue weighted by atomic mass is 9.89. The van der Waals surface area contributed by atoms with Gasteiger partial charge in [0.1, 0.15) is 10.7 Å². The molecule has 0 amide bonds. The van der Waals surface area contributed by atoms with Crippen LogP contribution in [0.25, 0.3) is 10.2 Å². The molecule has 0 bridgehead atoms. The van der Waals surface area contributed by atoms with Gasteiger partial charge in [-0.05, 0) is 37.2 Å². The standard InChI is InChI=1S/C14H17ClN2OS/c1-8-4-5-9-10(7-8)19-14-12(9)13(18)16-11(17-14)3-2-6-15/h8H,2-7H2,1H3,(H,16,17,18). The van der Waals surface area contributed by atoms with Crippen molar-refractivity contribution in [1.29, 1.82) is 0 Å². The van der Waals surface area contributed by atoms with Gasteiger partial charge in [-0.2, -0.15) is 0 Å². The molecule has 0 aromatic carbocycles. The predicted octanol–water partition coefficient (Wildman–Crippen LogP) is 3.28. The van der Waals surface area contributed by atoms with Crippen molar-refractivity contribution in [2.24, 2.45) is 5.92 Å². The molecule has 102 valence electrons. The van der Waals surface area contributed by atoms with Crippen LogP contribution in [0.1, 0.15) is 36.0 Å². The molecule has 1 unspecified atom stereocenters. The van der Waals surface area contributed by atoms with Crippen LogP contribution < -0.4 is 5.56 Å². The Morgan fingerprint density at radius 3 is 3.16 bits per heavy atom. The summed E-state index contributed by atoms with van der Waals surface area (Å²) in [5.41, 5.74) is 1.28. The zero-order valence-electron chi connectivity index (χ0n) is 11.0. The summed E-state index contributed by atoms with van der Waals surface area (Å²) in [5, 5.41) is 0.835. The summed E-state index contributed by atoms with van der Waals surface area (Å²) >= 11 is 7.39. The number of hydrogen-bond acceptors (Lipinski definition) is 3. The van der Waals surface area contributed by atoms with E-state index in [4.69, 9.17) is 11.6 Å². The van der Waals surface area contributed by atoms with Gasteiger partial charge in [-0.1, -0.05) is 6.92 Å². The van der Waals surface area contributed by atoms with Crippen molar-refractivity contribution in [1.82, 2.24) is 9.97 Å². The lowest BCUT2D eigenvalue weighted by molar-refractivity contribution is 0.509. The van der Waals surface area contributed by atoms with Crippen LogP contribution in [-0.2, 0) is 19.3 Å². The van der Waals surface area contributed by atoms with Crippen LogP contribution in [0.3, 0.4) is 0 Å². The smallest absolute Gasteiger partial charge is 0.259 e. The van der Waals surface area contributed by atoms with Gasteiger partial charge in [-0.25, -0.2) is 4.98 Å². The number of H-pyrrole nitrogens is 1. The third-order valence-corrected chi connectivity index (χ3v) is 5.18. The van der Waals surface area contributed by atoms with Crippen molar-refractivity contribution in [2.75, 3.05) is 5.88 Å². The number of alkyl halides is 1. The predicted molar refractivity (Wildman–Crippen MR) is 80.5 cm³/mol. The molecule has 0 saturated heterocycles. The number of aromatic amines is 1. The fraction of sp³-hybridized carbons (Fsp3) is 0.571. The number of aromatic nitrogens is 2. The minimum Gasteiger partial charge on any atom is -0.310 e. The first-order valence-corrected chi connectivity index (χ1v) is 8.13. The van der Waals surface area contributed by atoms with E-state index in [0.717, 1.165) is 47.6 Å². The first kappa shape index (κ1) is 13.1. The van der Waals surface area contributed by atoms with Crippen LogP contribution in [0.15, 0.2) is 4.79 Å². The van der Waals surface area contributed by atoms with E-state index in [9.17, 15) is 4.79 Å². The van der Waals surface area contributed by atoms with Gasteiger partial charge < -0.3 is 4.98 Å². The van der Waals surface area contributed by atoms with Crippen LogP contribution in [0.4, 0.5) is 0 Å². The van der Waals surface area contributed by atoms with Gasteiger partial charge >= 0.3 is 0 Å². The Balaban J connectivity index is 2.09. The van der Waals surface area contributed by atoms with Crippen LogP contribution in [0, 0.1) is 5.92 Å². The average Bonchev–Trinajstić information content (AvgIpc) is 2.73. The fourth-order valence-electron chi connectivity index (χ4n) is 2.75. The van der Waals surface area contributed by atoms with E-state index in [0.29, 0.717) is 5.88 Å². The van der Waals surface area contributed by atoms with E-state index in [1.165, 1.54) is 16.9 Å². The number of fused-ring (bicyclic) bond motifs is 3. The third-order valence-electron chi connectivity index (χ3n) is 3.76. The molecule has 1 aliphatic rings. The Bertz CT molecular complexity index is 661. The number of nitrogens with one attached hydrogen (secondary N) is 1. The van der Waals surface area contributed by atoms with E-state index in [1.807, 2.05) is 0 Å². The van der Waals surface area contributed by atoms with E-state index >= 15 is 0 Å². The second kappa shape index (κ2) is 5.25. The minimum atomic E-state index is 0.0293. The molecular weight excluding hydrogens is 280 g/mol. The second-order valence-corrected chi connectivity index (χ2v) is 6.80. The molecule has 0 aliphatic heterocycles. The summed E-state index contributed by atoms with van der Waals surface area (Å²) < 4.78 is 0. The van der Waals surface area contributed by atoms with E-state index in [1.54, 1.807) is 11.3 Å². The van der Waals surface area contributed by atoms with Crippen molar-refractivity contribution >= 4 is 33.2 Å². The zero-order valence-corrected chi connectivity index (χ0v) is 12.5. The average molecular weight is 297 g/mol. The first-order chi connectivity index (χ1) is 9.19. The van der Waals surface area contributed by atoms with Gasteiger partial charge in [0, 0.05) is 17.2 Å². The van der Waals surface area contributed by atoms with Crippen molar-refractivity contribution < 1.29 is 0 Å². The maximum atomic E-state index is 12.3. The first-order valence-electron chi connectivity index (χ1n) is 6.78. The molecule has 0 spiro atoms. The summed E-state index contributed by atoms with van der Waals surface area (Å²) in [5.74, 6) is 2.08. The largest absolute Gasteiger partial charge is 0.310 e. The molecule has 5 heteroatoms. The zero-order chi connectivity index (χ0) is 13.4. The Hall–Kier alpha value is -0.870. The second-order valence-electron chi connectivity index (χ2n) is 5.34. The number of nitrogens with zero attached hydrogens (tertiary/aromatic N) is 1. The Kier molecular flexibility index (Phi) is 3.63. The maximum Gasteiger partial charge on any atom is 0.259 e. The van der Waals surface area contributed by atoms with E-state index < -0.39 is 0 Å². The monoisotopic (exact) mass is 296 g/mol. The SMILES string of the molecule is CC1CCc2c(sc3nc(CCCCl)[nH]c(=O)c23)C1. The minimum absolute atomic E-state index is 0.0293. The summed E-state index contributed by atoms with van der Waals surface area (Å²) in [6, 6.07) is 0. The Morgan fingerprint density at radius 2 is 2.37 bits per heavy atom. The summed E-state index contributed by atoms with van der Waals surface area (Å²) in [4.78, 5) is 22.0. The van der Waals surface area contributed by atoms with Crippen LogP contribution in [-0.4, -0.2) is 15.8 Å². The highest BCUT2D eigenvalue weighted by Gasteiger charge is 2.22. The van der Waals surface area contributed by atoms with Crippen LogP contribution in [0.5, 0.6) is 0 Å². The number of halogens is 1. The number of thiophene rings is 1. The van der Waals surface area contributed by atoms with Gasteiger partial charge in [0.2, 0.25) is 0 Å². The number of hydrogen-bond donors (Lipinski definition) is 1. The molecule has 1 aliphatic carbocycles. The highest BCUT2D eigenvalue weighted by atomic mass is 35.5. The van der Waals surface area contributed by atoms with Gasteiger partial charge in [-0.15, -0.1) is 22.9 Å². The highest BCUT2D eigenvalue weighted by molar-refractivity contribution is 7.18. The molecule has 2 aromatic heterocycles. The lowest BCUT2D eigenvalue weighted by Gasteiger charge is -2.17. The molecule has 0 saturated carbocycles. The number of rotatable bonds is 3. The topological polar surface area (TPSA) is 45.8 Å². The summed E-state index contributed by atoms with van der Waals surface area (Å²) in [6.07, 6.45) is 4.87. The molecule has 0 radical (unpaired) electrons. The molecule has 0 fully saturated rings. The molecule has 3 nitrogen and oxygen atoms in total. The van der Waals surface area contributed by atoms with Gasteiger partial charge in [0.05, 0.1) is 5.39 Å². The van der Waals surface area contributed by atoms with Crippen LogP contribution in [0.2, 0.25) is 0 Å². The number of aryl methyl sites for hydroxylation is 2. The Labute approximate surface area is 121 Å². The normalized spacial score (nSPS) is 18.7. The third kappa shape index (κ3) is 2.43. The van der Waals surface area contributed by atoms with E-state index in [-0.39, 0.29) is 5.56 Å². The van der Waals surface area contributed by atoms with Crippen molar-refractivity contribution in [2.45, 2.75) is 39.0 Å². The molecule has 3 rings (SSSR count). The van der Waals surface area contributed by atoms with E-state index in [2.05, 4.69) is 16.9 Å². The molecular formula is C14H17ClN2OS. The van der Waals surface area contributed by atoms with Crippen molar-refractivity contribution in [3.05, 3.63) is 26.6 Å².